The number of hydrogen-bond acceptors (Lipinski definition) is 6. The molecule has 5 rings (SSSR count). The molecule has 0 radical (unpaired) electrons. The Morgan fingerprint density at radius 1 is 0.812 bits per heavy atom. The summed E-state index contributed by atoms with van der Waals surface area (Å²) in [5.74, 6) is -0.208. The maximum Gasteiger partial charge on any atom is 0.286 e. The third-order valence-electron chi connectivity index (χ3n) is 5.79. The third kappa shape index (κ3) is 4.85. The number of benzene rings is 3. The zero-order valence-corrected chi connectivity index (χ0v) is 18.6. The lowest BCUT2D eigenvalue weighted by Gasteiger charge is -2.34. The van der Waals surface area contributed by atoms with Crippen LogP contribution in [-0.2, 0) is 13.1 Å². The molecule has 1 aliphatic rings. The maximum absolute atomic E-state index is 12.4. The van der Waals surface area contributed by atoms with Crippen LogP contribution in [0.1, 0.15) is 20.4 Å². The standard InChI is InChI=1S/C25H25N5OS/c31-24(26-21-10-2-1-3-11-21)25-28-27-23(32-25)18-30-15-13-29(14-16-30)17-20-9-6-8-19-7-4-5-12-22(19)20/h1-12H,13-18H2,(H,26,31). The molecule has 162 valence electrons. The first-order valence-electron chi connectivity index (χ1n) is 10.8. The Hall–Kier alpha value is -3.13. The number of aromatic nitrogens is 2. The van der Waals surface area contributed by atoms with Gasteiger partial charge in [0.25, 0.3) is 5.91 Å². The predicted molar refractivity (Wildman–Crippen MR) is 129 cm³/mol. The highest BCUT2D eigenvalue weighted by Crippen LogP contribution is 2.21. The van der Waals surface area contributed by atoms with Crippen LogP contribution in [0.4, 0.5) is 5.69 Å². The van der Waals surface area contributed by atoms with Crippen LogP contribution < -0.4 is 5.32 Å². The first-order valence-corrected chi connectivity index (χ1v) is 11.7. The Balaban J connectivity index is 1.14. The van der Waals surface area contributed by atoms with Gasteiger partial charge in [-0.2, -0.15) is 0 Å². The molecule has 0 spiro atoms. The molecule has 0 bridgehead atoms. The highest BCUT2D eigenvalue weighted by atomic mass is 32.1. The lowest BCUT2D eigenvalue weighted by molar-refractivity contribution is 0.102. The number of carbonyl (C=O) groups excluding carboxylic acids is 1. The summed E-state index contributed by atoms with van der Waals surface area (Å²) >= 11 is 1.37. The van der Waals surface area contributed by atoms with Crippen LogP contribution >= 0.6 is 11.3 Å². The van der Waals surface area contributed by atoms with Gasteiger partial charge in [-0.25, -0.2) is 0 Å². The molecule has 1 aromatic heterocycles. The Morgan fingerprint density at radius 2 is 1.50 bits per heavy atom. The molecule has 0 saturated carbocycles. The smallest absolute Gasteiger partial charge is 0.286 e. The van der Waals surface area contributed by atoms with Crippen molar-refractivity contribution in [1.82, 2.24) is 20.0 Å². The number of fused-ring (bicyclic) bond motifs is 1. The van der Waals surface area contributed by atoms with Gasteiger partial charge >= 0.3 is 0 Å². The fraction of sp³-hybridized carbons (Fsp3) is 0.240. The van der Waals surface area contributed by atoms with Crippen LogP contribution in [0.5, 0.6) is 0 Å². The van der Waals surface area contributed by atoms with Crippen LogP contribution in [0.2, 0.25) is 0 Å². The normalized spacial score (nSPS) is 15.1. The van der Waals surface area contributed by atoms with Crippen molar-refractivity contribution in [3.63, 3.8) is 0 Å². The Labute approximate surface area is 191 Å². The zero-order chi connectivity index (χ0) is 21.8. The van der Waals surface area contributed by atoms with Gasteiger partial charge in [-0.1, -0.05) is 72.0 Å². The minimum atomic E-state index is -0.208. The van der Waals surface area contributed by atoms with E-state index in [-0.39, 0.29) is 5.91 Å². The van der Waals surface area contributed by atoms with Crippen LogP contribution in [-0.4, -0.2) is 52.1 Å². The van der Waals surface area contributed by atoms with Gasteiger partial charge in [0.2, 0.25) is 5.01 Å². The Bertz CT molecular complexity index is 1200. The van der Waals surface area contributed by atoms with E-state index in [1.165, 1.54) is 27.7 Å². The van der Waals surface area contributed by atoms with E-state index in [2.05, 4.69) is 67.8 Å². The minimum absolute atomic E-state index is 0.208. The van der Waals surface area contributed by atoms with Crippen molar-refractivity contribution in [2.24, 2.45) is 0 Å². The summed E-state index contributed by atoms with van der Waals surface area (Å²) in [4.78, 5) is 17.3. The van der Waals surface area contributed by atoms with E-state index < -0.39 is 0 Å². The topological polar surface area (TPSA) is 61.4 Å². The van der Waals surface area contributed by atoms with Crippen LogP contribution in [0.15, 0.2) is 72.8 Å². The van der Waals surface area contributed by atoms with E-state index in [9.17, 15) is 4.79 Å². The molecule has 1 amide bonds. The second-order valence-electron chi connectivity index (χ2n) is 8.01. The van der Waals surface area contributed by atoms with Crippen LogP contribution in [0.3, 0.4) is 0 Å². The fourth-order valence-electron chi connectivity index (χ4n) is 4.08. The van der Waals surface area contributed by atoms with Crippen molar-refractivity contribution in [1.29, 1.82) is 0 Å². The average Bonchev–Trinajstić information content (AvgIpc) is 3.30. The molecule has 0 atom stereocenters. The number of rotatable bonds is 6. The monoisotopic (exact) mass is 443 g/mol. The van der Waals surface area contributed by atoms with E-state index in [1.807, 2.05) is 30.3 Å². The molecular formula is C25H25N5OS. The lowest BCUT2D eigenvalue weighted by atomic mass is 10.0. The summed E-state index contributed by atoms with van der Waals surface area (Å²) in [5.41, 5.74) is 2.14. The fourth-order valence-corrected chi connectivity index (χ4v) is 4.86. The van der Waals surface area contributed by atoms with Crippen molar-refractivity contribution in [3.8, 4) is 0 Å². The molecule has 1 aliphatic heterocycles. The second-order valence-corrected chi connectivity index (χ2v) is 9.07. The number of amides is 1. The van der Waals surface area contributed by atoms with Crippen molar-refractivity contribution in [2.45, 2.75) is 13.1 Å². The number of anilines is 1. The number of nitrogens with one attached hydrogen (secondary N) is 1. The lowest BCUT2D eigenvalue weighted by Crippen LogP contribution is -2.45. The van der Waals surface area contributed by atoms with Gasteiger partial charge in [0, 0.05) is 38.4 Å². The summed E-state index contributed by atoms with van der Waals surface area (Å²) < 4.78 is 0. The van der Waals surface area contributed by atoms with Gasteiger partial charge in [0.05, 0.1) is 6.54 Å². The summed E-state index contributed by atoms with van der Waals surface area (Å²) in [7, 11) is 0. The van der Waals surface area contributed by atoms with Crippen molar-refractivity contribution in [2.75, 3.05) is 31.5 Å². The zero-order valence-electron chi connectivity index (χ0n) is 17.8. The molecule has 1 N–H and O–H groups in total. The van der Waals surface area contributed by atoms with E-state index in [0.29, 0.717) is 5.01 Å². The molecule has 0 unspecified atom stereocenters. The SMILES string of the molecule is O=C(Nc1ccccc1)c1nnc(CN2CCN(Cc3cccc4ccccc34)CC2)s1. The summed E-state index contributed by atoms with van der Waals surface area (Å²) in [6.07, 6.45) is 0. The van der Waals surface area contributed by atoms with Gasteiger partial charge in [-0.05, 0) is 28.5 Å². The van der Waals surface area contributed by atoms with E-state index in [0.717, 1.165) is 50.0 Å². The average molecular weight is 444 g/mol. The maximum atomic E-state index is 12.4. The molecule has 32 heavy (non-hydrogen) atoms. The largest absolute Gasteiger partial charge is 0.320 e. The molecule has 2 heterocycles. The quantitative estimate of drug-likeness (QED) is 0.482. The first-order chi connectivity index (χ1) is 15.7. The molecule has 6 nitrogen and oxygen atoms in total. The van der Waals surface area contributed by atoms with Gasteiger partial charge in [0.1, 0.15) is 5.01 Å². The van der Waals surface area contributed by atoms with Gasteiger partial charge in [-0.3, -0.25) is 14.6 Å². The summed E-state index contributed by atoms with van der Waals surface area (Å²) in [6, 6.07) is 24.6. The predicted octanol–water partition coefficient (Wildman–Crippen LogP) is 4.26. The van der Waals surface area contributed by atoms with Crippen LogP contribution in [0.25, 0.3) is 10.8 Å². The second kappa shape index (κ2) is 9.56. The van der Waals surface area contributed by atoms with Gasteiger partial charge in [-0.15, -0.1) is 10.2 Å². The third-order valence-corrected chi connectivity index (χ3v) is 6.70. The summed E-state index contributed by atoms with van der Waals surface area (Å²) in [6.45, 7) is 5.70. The molecule has 4 aromatic rings. The van der Waals surface area contributed by atoms with Gasteiger partial charge in [0.15, 0.2) is 0 Å². The molecule has 0 aliphatic carbocycles. The van der Waals surface area contributed by atoms with Crippen molar-refractivity contribution in [3.05, 3.63) is 88.4 Å². The van der Waals surface area contributed by atoms with E-state index in [1.54, 1.807) is 0 Å². The molecular weight excluding hydrogens is 418 g/mol. The minimum Gasteiger partial charge on any atom is -0.320 e. The number of hydrogen-bond donors (Lipinski definition) is 1. The number of piperazine rings is 1. The van der Waals surface area contributed by atoms with E-state index >= 15 is 0 Å². The van der Waals surface area contributed by atoms with Crippen molar-refractivity contribution < 1.29 is 4.79 Å². The first kappa shape index (κ1) is 20.8. The molecule has 1 fully saturated rings. The number of nitrogens with zero attached hydrogens (tertiary/aromatic N) is 4. The van der Waals surface area contributed by atoms with E-state index in [4.69, 9.17) is 0 Å². The molecule has 3 aromatic carbocycles. The van der Waals surface area contributed by atoms with Crippen LogP contribution in [0, 0.1) is 0 Å². The van der Waals surface area contributed by atoms with Crippen molar-refractivity contribution >= 4 is 33.7 Å². The Morgan fingerprint density at radius 3 is 2.31 bits per heavy atom. The summed E-state index contributed by atoms with van der Waals surface area (Å²) in [5, 5.41) is 15.1. The highest BCUT2D eigenvalue weighted by molar-refractivity contribution is 7.13. The molecule has 7 heteroatoms. The highest BCUT2D eigenvalue weighted by Gasteiger charge is 2.20. The van der Waals surface area contributed by atoms with Gasteiger partial charge < -0.3 is 5.32 Å². The molecule has 1 saturated heterocycles. The Kier molecular flexibility index (Phi) is 6.20. The number of para-hydroxylation sites is 1. The number of carbonyl (C=O) groups is 1.